The molecule has 92 valence electrons. The smallest absolute Gasteiger partial charge is 0.272 e. The lowest BCUT2D eigenvalue weighted by Crippen LogP contribution is -2.35. The number of carbonyl (C=O) groups excluding carboxylic acids is 1. The van der Waals surface area contributed by atoms with Gasteiger partial charge in [0.25, 0.3) is 5.91 Å². The maximum atomic E-state index is 11.8. The van der Waals surface area contributed by atoms with E-state index in [9.17, 15) is 4.79 Å². The predicted molar refractivity (Wildman–Crippen MR) is 62.9 cm³/mol. The highest BCUT2D eigenvalue weighted by Crippen LogP contribution is 2.06. The Bertz CT molecular complexity index is 374. The van der Waals surface area contributed by atoms with Crippen molar-refractivity contribution in [2.45, 2.75) is 19.4 Å². The Kier molecular flexibility index (Phi) is 3.87. The van der Waals surface area contributed by atoms with Gasteiger partial charge in [0.15, 0.2) is 5.69 Å². The largest absolute Gasteiger partial charge is 0.379 e. The zero-order valence-corrected chi connectivity index (χ0v) is 9.77. The molecule has 1 aromatic heterocycles. The fourth-order valence-electron chi connectivity index (χ4n) is 1.64. The monoisotopic (exact) mass is 236 g/mol. The lowest BCUT2D eigenvalue weighted by atomic mass is 10.2. The molecule has 17 heavy (non-hydrogen) atoms. The molecule has 2 heterocycles. The molecule has 1 amide bonds. The third kappa shape index (κ3) is 3.13. The summed E-state index contributed by atoms with van der Waals surface area (Å²) < 4.78 is 5.18. The summed E-state index contributed by atoms with van der Waals surface area (Å²) in [6.45, 7) is 4.03. The van der Waals surface area contributed by atoms with Gasteiger partial charge in [-0.15, -0.1) is 10.2 Å². The Morgan fingerprint density at radius 3 is 3.00 bits per heavy atom. The zero-order chi connectivity index (χ0) is 12.1. The third-order valence-electron chi connectivity index (χ3n) is 2.52. The first-order valence-electron chi connectivity index (χ1n) is 5.76. The molecule has 6 heteroatoms. The Morgan fingerprint density at radius 1 is 1.53 bits per heavy atom. The maximum Gasteiger partial charge on any atom is 0.272 e. The zero-order valence-electron chi connectivity index (χ0n) is 9.77. The van der Waals surface area contributed by atoms with Gasteiger partial charge in [0.05, 0.1) is 12.6 Å². The van der Waals surface area contributed by atoms with Gasteiger partial charge in [-0.05, 0) is 25.5 Å². The predicted octanol–water partition coefficient (Wildman–Crippen LogP) is 0.427. The molecule has 6 nitrogen and oxygen atoms in total. The SMILES string of the molecule is CCNc1ccc(C(=O)NC2CCOC2)nn1. The number of aromatic nitrogens is 2. The van der Waals surface area contributed by atoms with Crippen LogP contribution < -0.4 is 10.6 Å². The number of hydrogen-bond donors (Lipinski definition) is 2. The van der Waals surface area contributed by atoms with Gasteiger partial charge in [-0.2, -0.15) is 0 Å². The number of nitrogens with zero attached hydrogens (tertiary/aromatic N) is 2. The summed E-state index contributed by atoms with van der Waals surface area (Å²) in [5.74, 6) is 0.476. The summed E-state index contributed by atoms with van der Waals surface area (Å²) in [6.07, 6.45) is 0.856. The van der Waals surface area contributed by atoms with Gasteiger partial charge in [0.1, 0.15) is 5.82 Å². The highest BCUT2D eigenvalue weighted by molar-refractivity contribution is 5.92. The summed E-state index contributed by atoms with van der Waals surface area (Å²) in [5.41, 5.74) is 0.332. The molecule has 0 bridgehead atoms. The minimum atomic E-state index is -0.198. The number of amides is 1. The van der Waals surface area contributed by atoms with Crippen LogP contribution in [0.15, 0.2) is 12.1 Å². The molecule has 1 aromatic rings. The van der Waals surface area contributed by atoms with Crippen molar-refractivity contribution >= 4 is 11.7 Å². The summed E-state index contributed by atoms with van der Waals surface area (Å²) in [4.78, 5) is 11.8. The van der Waals surface area contributed by atoms with E-state index in [4.69, 9.17) is 4.74 Å². The number of nitrogens with one attached hydrogen (secondary N) is 2. The molecule has 1 aliphatic rings. The molecule has 0 radical (unpaired) electrons. The van der Waals surface area contributed by atoms with Crippen molar-refractivity contribution in [1.82, 2.24) is 15.5 Å². The Labute approximate surface area is 99.8 Å². The fourth-order valence-corrected chi connectivity index (χ4v) is 1.64. The summed E-state index contributed by atoms with van der Waals surface area (Å²) in [6, 6.07) is 3.50. The van der Waals surface area contributed by atoms with Gasteiger partial charge in [0.2, 0.25) is 0 Å². The lowest BCUT2D eigenvalue weighted by molar-refractivity contribution is 0.0924. The van der Waals surface area contributed by atoms with Gasteiger partial charge < -0.3 is 15.4 Å². The van der Waals surface area contributed by atoms with Crippen LogP contribution >= 0.6 is 0 Å². The van der Waals surface area contributed by atoms with Crippen LogP contribution in [-0.2, 0) is 4.74 Å². The molecular formula is C11H16N4O2. The second-order valence-electron chi connectivity index (χ2n) is 3.87. The molecular weight excluding hydrogens is 220 g/mol. The number of anilines is 1. The van der Waals surface area contributed by atoms with E-state index in [0.29, 0.717) is 24.7 Å². The van der Waals surface area contributed by atoms with E-state index in [0.717, 1.165) is 13.0 Å². The Hall–Kier alpha value is -1.69. The summed E-state index contributed by atoms with van der Waals surface area (Å²) in [7, 11) is 0. The highest BCUT2D eigenvalue weighted by atomic mass is 16.5. The van der Waals surface area contributed by atoms with Gasteiger partial charge in [-0.1, -0.05) is 0 Å². The second-order valence-corrected chi connectivity index (χ2v) is 3.87. The van der Waals surface area contributed by atoms with E-state index in [1.807, 2.05) is 6.92 Å². The first kappa shape index (κ1) is 11.8. The van der Waals surface area contributed by atoms with Crippen LogP contribution in [0, 0.1) is 0 Å². The van der Waals surface area contributed by atoms with Crippen molar-refractivity contribution in [3.8, 4) is 0 Å². The normalized spacial score (nSPS) is 19.0. The first-order valence-corrected chi connectivity index (χ1v) is 5.76. The second kappa shape index (κ2) is 5.58. The van der Waals surface area contributed by atoms with Crippen LogP contribution in [0.5, 0.6) is 0 Å². The van der Waals surface area contributed by atoms with Crippen molar-refractivity contribution in [1.29, 1.82) is 0 Å². The molecule has 2 rings (SSSR count). The number of ether oxygens (including phenoxy) is 1. The van der Waals surface area contributed by atoms with E-state index >= 15 is 0 Å². The molecule has 1 unspecified atom stereocenters. The minimum absolute atomic E-state index is 0.0951. The van der Waals surface area contributed by atoms with E-state index in [1.165, 1.54) is 0 Å². The van der Waals surface area contributed by atoms with E-state index in [1.54, 1.807) is 12.1 Å². The van der Waals surface area contributed by atoms with Crippen molar-refractivity contribution < 1.29 is 9.53 Å². The van der Waals surface area contributed by atoms with Gasteiger partial charge in [-0.3, -0.25) is 4.79 Å². The molecule has 0 aromatic carbocycles. The van der Waals surface area contributed by atoms with Crippen LogP contribution in [0.1, 0.15) is 23.8 Å². The first-order chi connectivity index (χ1) is 8.29. The van der Waals surface area contributed by atoms with E-state index in [-0.39, 0.29) is 11.9 Å². The van der Waals surface area contributed by atoms with Crippen LogP contribution in [0.3, 0.4) is 0 Å². The van der Waals surface area contributed by atoms with Crippen LogP contribution in [0.25, 0.3) is 0 Å². The standard InChI is InChI=1S/C11H16N4O2/c1-2-12-10-4-3-9(14-15-10)11(16)13-8-5-6-17-7-8/h3-4,8H,2,5-7H2,1H3,(H,12,15)(H,13,16). The van der Waals surface area contributed by atoms with Crippen molar-refractivity contribution in [3.05, 3.63) is 17.8 Å². The maximum absolute atomic E-state index is 11.8. The molecule has 1 fully saturated rings. The third-order valence-corrected chi connectivity index (χ3v) is 2.52. The van der Waals surface area contributed by atoms with Crippen LogP contribution in [0.4, 0.5) is 5.82 Å². The topological polar surface area (TPSA) is 76.1 Å². The van der Waals surface area contributed by atoms with Crippen molar-refractivity contribution in [2.24, 2.45) is 0 Å². The lowest BCUT2D eigenvalue weighted by Gasteiger charge is -2.09. The van der Waals surface area contributed by atoms with Gasteiger partial charge in [-0.25, -0.2) is 0 Å². The molecule has 2 N–H and O–H groups in total. The quantitative estimate of drug-likeness (QED) is 0.792. The molecule has 1 atom stereocenters. The van der Waals surface area contributed by atoms with Crippen LogP contribution in [0.2, 0.25) is 0 Å². The average molecular weight is 236 g/mol. The number of rotatable bonds is 4. The number of hydrogen-bond acceptors (Lipinski definition) is 5. The van der Waals surface area contributed by atoms with Gasteiger partial charge in [0, 0.05) is 13.2 Å². The molecule has 0 saturated carbocycles. The van der Waals surface area contributed by atoms with E-state index in [2.05, 4.69) is 20.8 Å². The van der Waals surface area contributed by atoms with Gasteiger partial charge >= 0.3 is 0 Å². The molecule has 0 aliphatic carbocycles. The van der Waals surface area contributed by atoms with Crippen molar-refractivity contribution in [2.75, 3.05) is 25.1 Å². The molecule has 0 spiro atoms. The molecule has 1 aliphatic heterocycles. The molecule has 1 saturated heterocycles. The Balaban J connectivity index is 1.93. The van der Waals surface area contributed by atoms with Crippen LogP contribution in [-0.4, -0.2) is 41.9 Å². The summed E-state index contributed by atoms with van der Waals surface area (Å²) >= 11 is 0. The highest BCUT2D eigenvalue weighted by Gasteiger charge is 2.19. The number of carbonyl (C=O) groups is 1. The van der Waals surface area contributed by atoms with Crippen molar-refractivity contribution in [3.63, 3.8) is 0 Å². The summed E-state index contributed by atoms with van der Waals surface area (Å²) in [5, 5.41) is 13.7. The fraction of sp³-hybridized carbons (Fsp3) is 0.545. The minimum Gasteiger partial charge on any atom is -0.379 e. The average Bonchev–Trinajstić information content (AvgIpc) is 2.83. The van der Waals surface area contributed by atoms with E-state index < -0.39 is 0 Å². The Morgan fingerprint density at radius 2 is 2.41 bits per heavy atom.